The molecule has 0 aromatic carbocycles. The molecular weight excluding hydrogens is 901 g/mol. The summed E-state index contributed by atoms with van der Waals surface area (Å²) in [4.78, 5) is 38.2. The van der Waals surface area contributed by atoms with Crippen molar-refractivity contribution in [1.82, 2.24) is 0 Å². The van der Waals surface area contributed by atoms with E-state index in [1.54, 1.807) is 0 Å². The molecule has 6 nitrogen and oxygen atoms in total. The predicted molar refractivity (Wildman–Crippen MR) is 315 cm³/mol. The van der Waals surface area contributed by atoms with E-state index >= 15 is 0 Å². The summed E-state index contributed by atoms with van der Waals surface area (Å²) in [5, 5.41) is 0. The monoisotopic (exact) mass is 1000 g/mol. The van der Waals surface area contributed by atoms with Crippen molar-refractivity contribution in [2.75, 3.05) is 13.2 Å². The molecule has 0 spiro atoms. The van der Waals surface area contributed by atoms with Gasteiger partial charge in [0.1, 0.15) is 13.2 Å². The highest BCUT2D eigenvalue weighted by Gasteiger charge is 2.19. The lowest BCUT2D eigenvalue weighted by atomic mass is 10.1. The van der Waals surface area contributed by atoms with Crippen LogP contribution in [0, 0.1) is 0 Å². The average molecular weight is 1010 g/mol. The molecule has 73 heavy (non-hydrogen) atoms. The maximum atomic E-state index is 12.9. The molecule has 0 aliphatic heterocycles. The number of unbranched alkanes of at least 4 members (excludes halogenated alkanes) is 13. The van der Waals surface area contributed by atoms with Crippen LogP contribution >= 0.6 is 0 Å². The van der Waals surface area contributed by atoms with Gasteiger partial charge in [0, 0.05) is 19.3 Å². The number of ether oxygens (including phenoxy) is 3. The molecule has 0 rings (SSSR count). The number of rotatable bonds is 50. The van der Waals surface area contributed by atoms with Gasteiger partial charge in [0.15, 0.2) is 6.10 Å². The molecule has 0 amide bonds. The minimum Gasteiger partial charge on any atom is -0.462 e. The molecule has 0 saturated carbocycles. The van der Waals surface area contributed by atoms with Crippen LogP contribution in [0.1, 0.15) is 226 Å². The molecule has 6 heteroatoms. The Labute approximate surface area is 448 Å². The molecule has 408 valence electrons. The number of esters is 3. The van der Waals surface area contributed by atoms with Crippen molar-refractivity contribution in [1.29, 1.82) is 0 Å². The zero-order valence-electron chi connectivity index (χ0n) is 46.6. The summed E-state index contributed by atoms with van der Waals surface area (Å²) in [5.74, 6) is -1.01. The Morgan fingerprint density at radius 2 is 0.534 bits per heavy atom. The van der Waals surface area contributed by atoms with Crippen molar-refractivity contribution < 1.29 is 28.6 Å². The Kier molecular flexibility index (Phi) is 55.5. The zero-order chi connectivity index (χ0) is 52.9. The first-order valence-corrected chi connectivity index (χ1v) is 29.0. The zero-order valence-corrected chi connectivity index (χ0v) is 46.6. The first-order chi connectivity index (χ1) is 36.0. The van der Waals surface area contributed by atoms with Crippen molar-refractivity contribution in [2.45, 2.75) is 232 Å². The van der Waals surface area contributed by atoms with E-state index in [0.717, 1.165) is 154 Å². The molecule has 1 atom stereocenters. The highest BCUT2D eigenvalue weighted by molar-refractivity contribution is 5.71. The first-order valence-electron chi connectivity index (χ1n) is 29.0. The number of allylic oxidation sites excluding steroid dienone is 26. The van der Waals surface area contributed by atoms with Gasteiger partial charge in [-0.15, -0.1) is 0 Å². The van der Waals surface area contributed by atoms with Gasteiger partial charge in [-0.25, -0.2) is 0 Å². The maximum Gasteiger partial charge on any atom is 0.306 e. The molecule has 0 bridgehead atoms. The Morgan fingerprint density at radius 1 is 0.288 bits per heavy atom. The second-order valence-electron chi connectivity index (χ2n) is 18.4. The van der Waals surface area contributed by atoms with Crippen LogP contribution in [0.2, 0.25) is 0 Å². The molecule has 0 aliphatic rings. The summed E-state index contributed by atoms with van der Waals surface area (Å²) in [6.07, 6.45) is 86.5. The lowest BCUT2D eigenvalue weighted by molar-refractivity contribution is -0.167. The molecule has 0 radical (unpaired) electrons. The molecule has 0 aliphatic carbocycles. The molecule has 0 fully saturated rings. The highest BCUT2D eigenvalue weighted by atomic mass is 16.6. The van der Waals surface area contributed by atoms with E-state index in [0.29, 0.717) is 19.3 Å². The topological polar surface area (TPSA) is 78.9 Å². The van der Waals surface area contributed by atoms with E-state index in [-0.39, 0.29) is 37.5 Å². The van der Waals surface area contributed by atoms with Crippen LogP contribution in [0.3, 0.4) is 0 Å². The van der Waals surface area contributed by atoms with Gasteiger partial charge in [0.25, 0.3) is 0 Å². The third-order valence-corrected chi connectivity index (χ3v) is 11.5. The van der Waals surface area contributed by atoms with Crippen molar-refractivity contribution in [2.24, 2.45) is 0 Å². The van der Waals surface area contributed by atoms with Gasteiger partial charge in [0.2, 0.25) is 0 Å². The van der Waals surface area contributed by atoms with Gasteiger partial charge in [-0.1, -0.05) is 217 Å². The fourth-order valence-electron chi connectivity index (χ4n) is 7.21. The minimum absolute atomic E-state index is 0.121. The van der Waals surface area contributed by atoms with Crippen molar-refractivity contribution in [3.05, 3.63) is 158 Å². The molecule has 0 saturated heterocycles. The van der Waals surface area contributed by atoms with Crippen LogP contribution in [0.15, 0.2) is 158 Å². The minimum atomic E-state index is -0.828. The van der Waals surface area contributed by atoms with E-state index in [1.165, 1.54) is 25.7 Å². The summed E-state index contributed by atoms with van der Waals surface area (Å²) >= 11 is 0. The van der Waals surface area contributed by atoms with Crippen molar-refractivity contribution >= 4 is 17.9 Å². The standard InChI is InChI=1S/C67H104O6/c1-4-7-10-13-16-19-22-25-28-31-33-36-39-42-45-48-51-54-57-60-66(69)72-63-64(62-71-65(68)59-56-53-50-47-44-41-38-35-30-27-24-21-18-15-12-9-6-3)73-67(70)61-58-55-52-49-46-43-40-37-34-32-29-26-23-20-17-14-11-8-5-2/h7-8,10-11,16-21,25-30,33-34,36-38,41-43,45-46,64H,4-6,9,12-15,22-24,31-32,35,39-40,44,47-63H2,1-3H3/b10-7+,11-8+,19-16+,20-17+,21-18+,28-25+,29-26+,30-27+,36-33+,37-34+,41-38+,45-42+,46-43+/t64-/m1/s1. The number of hydrogen-bond acceptors (Lipinski definition) is 6. The summed E-state index contributed by atoms with van der Waals surface area (Å²) in [6, 6.07) is 0. The Bertz CT molecular complexity index is 1670. The molecular formula is C67H104O6. The SMILES string of the molecule is CC/C=C/C/C=C/C/C=C/C/C=C/C/C=C/CCCCCC(=O)OC[C@@H](COC(=O)CCCCCC/C=C/C/C=C/C/C=C/CCCCC)OC(=O)CCCCC/C=C/C/C=C/C/C=C/C/C=C/C/C=C/CC. The van der Waals surface area contributed by atoms with E-state index in [2.05, 4.69) is 179 Å². The van der Waals surface area contributed by atoms with Gasteiger partial charge < -0.3 is 14.2 Å². The third kappa shape index (κ3) is 57.8. The van der Waals surface area contributed by atoms with Crippen LogP contribution in [0.25, 0.3) is 0 Å². The lowest BCUT2D eigenvalue weighted by Crippen LogP contribution is -2.30. The van der Waals surface area contributed by atoms with Crippen LogP contribution in [-0.4, -0.2) is 37.2 Å². The Morgan fingerprint density at radius 3 is 0.836 bits per heavy atom. The summed E-state index contributed by atoms with van der Waals surface area (Å²) < 4.78 is 16.8. The van der Waals surface area contributed by atoms with Gasteiger partial charge in [-0.2, -0.15) is 0 Å². The van der Waals surface area contributed by atoms with Crippen LogP contribution < -0.4 is 0 Å². The largest absolute Gasteiger partial charge is 0.462 e. The molecule has 0 heterocycles. The summed E-state index contributed by atoms with van der Waals surface area (Å²) in [5.41, 5.74) is 0. The van der Waals surface area contributed by atoms with Crippen molar-refractivity contribution in [3.8, 4) is 0 Å². The van der Waals surface area contributed by atoms with Crippen molar-refractivity contribution in [3.63, 3.8) is 0 Å². The molecule has 0 aromatic rings. The second kappa shape index (κ2) is 59.6. The molecule has 0 aromatic heterocycles. The third-order valence-electron chi connectivity index (χ3n) is 11.5. The van der Waals surface area contributed by atoms with Gasteiger partial charge in [-0.05, 0) is 148 Å². The molecule has 0 N–H and O–H groups in total. The lowest BCUT2D eigenvalue weighted by Gasteiger charge is -2.18. The second-order valence-corrected chi connectivity index (χ2v) is 18.4. The Balaban J connectivity index is 4.60. The summed E-state index contributed by atoms with van der Waals surface area (Å²) in [6.45, 7) is 6.29. The van der Waals surface area contributed by atoms with Gasteiger partial charge in [-0.3, -0.25) is 14.4 Å². The van der Waals surface area contributed by atoms with Gasteiger partial charge in [0.05, 0.1) is 0 Å². The van der Waals surface area contributed by atoms with E-state index in [1.807, 2.05) is 0 Å². The predicted octanol–water partition coefficient (Wildman–Crippen LogP) is 19.8. The van der Waals surface area contributed by atoms with Crippen LogP contribution in [-0.2, 0) is 28.6 Å². The van der Waals surface area contributed by atoms with E-state index in [4.69, 9.17) is 14.2 Å². The maximum absolute atomic E-state index is 12.9. The van der Waals surface area contributed by atoms with E-state index in [9.17, 15) is 14.4 Å². The van der Waals surface area contributed by atoms with Gasteiger partial charge >= 0.3 is 17.9 Å². The van der Waals surface area contributed by atoms with Crippen LogP contribution in [0.4, 0.5) is 0 Å². The van der Waals surface area contributed by atoms with E-state index < -0.39 is 6.10 Å². The average Bonchev–Trinajstić information content (AvgIpc) is 3.39. The summed E-state index contributed by atoms with van der Waals surface area (Å²) in [7, 11) is 0. The fraction of sp³-hybridized carbons (Fsp3) is 0.567. The number of carbonyl (C=O) groups is 3. The highest BCUT2D eigenvalue weighted by Crippen LogP contribution is 2.12. The number of carbonyl (C=O) groups excluding carboxylic acids is 3. The normalized spacial score (nSPS) is 13.3. The number of hydrogen-bond donors (Lipinski definition) is 0. The van der Waals surface area contributed by atoms with Crippen LogP contribution in [0.5, 0.6) is 0 Å². The Hall–Kier alpha value is -4.97. The smallest absolute Gasteiger partial charge is 0.306 e. The quantitative estimate of drug-likeness (QED) is 0.0261. The molecule has 0 unspecified atom stereocenters. The fourth-order valence-corrected chi connectivity index (χ4v) is 7.21. The first kappa shape index (κ1) is 68.0.